The molecule has 1 aliphatic rings. The zero-order valence-electron chi connectivity index (χ0n) is 22.1. The molecule has 7 nitrogen and oxygen atoms in total. The largest absolute Gasteiger partial charge is 0.394 e. The summed E-state index contributed by atoms with van der Waals surface area (Å²) in [6.07, 6.45) is -2.13. The highest BCUT2D eigenvalue weighted by molar-refractivity contribution is 7.91. The van der Waals surface area contributed by atoms with Crippen molar-refractivity contribution >= 4 is 38.9 Å². The first-order valence-electron chi connectivity index (χ1n) is 12.4. The van der Waals surface area contributed by atoms with Gasteiger partial charge in [0.05, 0.1) is 37.9 Å². The summed E-state index contributed by atoms with van der Waals surface area (Å²) < 4.78 is 65.2. The molecule has 0 unspecified atom stereocenters. The van der Waals surface area contributed by atoms with Crippen molar-refractivity contribution < 1.29 is 26.4 Å². The topological polar surface area (TPSA) is 105 Å². The van der Waals surface area contributed by atoms with Crippen LogP contribution in [0.15, 0.2) is 18.2 Å². The number of carbonyl (C=O) groups excluding carboxylic acids is 1. The minimum Gasteiger partial charge on any atom is -0.349 e. The van der Waals surface area contributed by atoms with Crippen molar-refractivity contribution in [2.24, 2.45) is 10.8 Å². The van der Waals surface area contributed by atoms with Crippen molar-refractivity contribution in [3.63, 3.8) is 0 Å². The van der Waals surface area contributed by atoms with E-state index in [1.807, 2.05) is 0 Å². The van der Waals surface area contributed by atoms with E-state index in [1.165, 1.54) is 17.0 Å². The lowest BCUT2D eigenvalue weighted by Crippen LogP contribution is -2.41. The van der Waals surface area contributed by atoms with Crippen molar-refractivity contribution in [1.29, 1.82) is 5.26 Å². The molecule has 0 spiro atoms. The number of amides is 1. The van der Waals surface area contributed by atoms with E-state index in [0.717, 1.165) is 13.8 Å². The van der Waals surface area contributed by atoms with Crippen LogP contribution in [-0.4, -0.2) is 48.3 Å². The minimum atomic E-state index is -4.39. The minimum absolute atomic E-state index is 0.00784. The monoisotopic (exact) mass is 606 g/mol. The Bertz CT molecular complexity index is 1390. The number of hydrogen-bond acceptors (Lipinski definition) is 5. The first kappa shape index (κ1) is 31.2. The second-order valence-corrected chi connectivity index (χ2v) is 13.9. The molecule has 1 aromatic heterocycles. The molecule has 1 aliphatic carbocycles. The Morgan fingerprint density at radius 2 is 1.87 bits per heavy atom. The van der Waals surface area contributed by atoms with Gasteiger partial charge in [0.2, 0.25) is 0 Å². The second-order valence-electron chi connectivity index (χ2n) is 10.8. The summed E-state index contributed by atoms with van der Waals surface area (Å²) in [5.41, 5.74) is -1.77. The van der Waals surface area contributed by atoms with Crippen LogP contribution in [0.5, 0.6) is 0 Å². The van der Waals surface area contributed by atoms with Gasteiger partial charge in [0.25, 0.3) is 5.91 Å². The van der Waals surface area contributed by atoms with Gasteiger partial charge in [0.1, 0.15) is 9.84 Å². The molecule has 1 fully saturated rings. The van der Waals surface area contributed by atoms with Crippen LogP contribution in [0.2, 0.25) is 10.0 Å². The maximum absolute atomic E-state index is 13.3. The number of benzene rings is 1. The third kappa shape index (κ3) is 6.72. The fourth-order valence-electron chi connectivity index (χ4n) is 4.78. The Morgan fingerprint density at radius 1 is 1.26 bits per heavy atom. The normalized spacial score (nSPS) is 20.5. The smallest absolute Gasteiger partial charge is 0.349 e. The summed E-state index contributed by atoms with van der Waals surface area (Å²) in [6, 6.07) is 6.81. The molecule has 0 atom stereocenters. The molecule has 3 rings (SSSR count). The number of aryl methyl sites for hydroxylation is 1. The molecule has 13 heteroatoms. The third-order valence-electron chi connectivity index (χ3n) is 7.43. The van der Waals surface area contributed by atoms with Crippen molar-refractivity contribution in [2.45, 2.75) is 70.8 Å². The molecule has 0 bridgehead atoms. The average molecular weight is 608 g/mol. The lowest BCUT2D eigenvalue weighted by atomic mass is 9.75. The van der Waals surface area contributed by atoms with Gasteiger partial charge in [-0.25, -0.2) is 8.42 Å². The molecule has 1 heterocycles. The van der Waals surface area contributed by atoms with Crippen LogP contribution in [0, 0.1) is 22.2 Å². The van der Waals surface area contributed by atoms with Crippen LogP contribution < -0.4 is 5.32 Å². The average Bonchev–Trinajstić information content (AvgIpc) is 3.17. The molecule has 1 amide bonds. The van der Waals surface area contributed by atoms with E-state index in [0.29, 0.717) is 49.0 Å². The molecule has 214 valence electrons. The van der Waals surface area contributed by atoms with Crippen molar-refractivity contribution in [3.05, 3.63) is 39.5 Å². The predicted octanol–water partition coefficient (Wildman–Crippen LogP) is 6.23. The summed E-state index contributed by atoms with van der Waals surface area (Å²) in [5, 5.41) is 16.5. The quantitative estimate of drug-likeness (QED) is 0.383. The fourth-order valence-corrected chi connectivity index (χ4v) is 6.48. The summed E-state index contributed by atoms with van der Waals surface area (Å²) in [5.74, 6) is -0.604. The summed E-state index contributed by atoms with van der Waals surface area (Å²) >= 11 is 13.1. The molecular formula is C26H31Cl2F3N4O3S. The SMILES string of the molecule is CCn1nc(C(=O)NC[C@]2(C#N)CC[C@H](S(C)(=O)=O)CC2)c(Cl)c1-c1ccc(CC(C)(C)C(F)(F)F)cc1Cl. The first-order chi connectivity index (χ1) is 17.9. The number of rotatable bonds is 8. The van der Waals surface area contributed by atoms with E-state index in [-0.39, 0.29) is 28.7 Å². The number of hydrogen-bond donors (Lipinski definition) is 1. The Kier molecular flexibility index (Phi) is 9.05. The Balaban J connectivity index is 1.82. The highest BCUT2D eigenvalue weighted by Gasteiger charge is 2.47. The van der Waals surface area contributed by atoms with Gasteiger partial charge in [0.15, 0.2) is 5.69 Å². The van der Waals surface area contributed by atoms with Gasteiger partial charge in [-0.2, -0.15) is 23.5 Å². The van der Waals surface area contributed by atoms with Gasteiger partial charge in [-0.3, -0.25) is 9.48 Å². The van der Waals surface area contributed by atoms with Gasteiger partial charge < -0.3 is 5.32 Å². The molecule has 0 aliphatic heterocycles. The number of alkyl halides is 3. The molecular weight excluding hydrogens is 576 g/mol. The summed E-state index contributed by atoms with van der Waals surface area (Å²) in [6.45, 7) is 4.37. The van der Waals surface area contributed by atoms with E-state index in [4.69, 9.17) is 23.2 Å². The number of nitriles is 1. The lowest BCUT2D eigenvalue weighted by Gasteiger charge is -2.34. The standard InChI is InChI=1S/C26H31Cl2F3N4O3S/c1-5-35-22(18-7-6-16(12-19(18)27)13-24(2,3)26(29,30)31)20(28)21(34-35)23(36)33-15-25(14-32)10-8-17(9-11-25)39(4,37)38/h6-7,12,17H,5,8-11,13,15H2,1-4H3,(H,33,36)/t17-,25+. The van der Waals surface area contributed by atoms with Gasteiger partial charge in [-0.1, -0.05) is 49.2 Å². The fraction of sp³-hybridized carbons (Fsp3) is 0.577. The number of sulfone groups is 1. The molecule has 1 N–H and O–H groups in total. The molecule has 2 aromatic rings. The van der Waals surface area contributed by atoms with Gasteiger partial charge in [-0.15, -0.1) is 0 Å². The molecule has 0 saturated heterocycles. The van der Waals surface area contributed by atoms with Crippen LogP contribution in [-0.2, 0) is 22.8 Å². The van der Waals surface area contributed by atoms with Crippen LogP contribution in [0.1, 0.15) is 62.5 Å². The molecule has 1 saturated carbocycles. The zero-order valence-corrected chi connectivity index (χ0v) is 24.5. The van der Waals surface area contributed by atoms with E-state index >= 15 is 0 Å². The van der Waals surface area contributed by atoms with Gasteiger partial charge in [-0.05, 0) is 50.7 Å². The molecule has 0 radical (unpaired) electrons. The predicted molar refractivity (Wildman–Crippen MR) is 144 cm³/mol. The van der Waals surface area contributed by atoms with E-state index in [1.54, 1.807) is 19.1 Å². The highest BCUT2D eigenvalue weighted by Crippen LogP contribution is 2.42. The van der Waals surface area contributed by atoms with Crippen LogP contribution in [0.3, 0.4) is 0 Å². The van der Waals surface area contributed by atoms with E-state index in [9.17, 15) is 31.6 Å². The van der Waals surface area contributed by atoms with E-state index in [2.05, 4.69) is 16.5 Å². The third-order valence-corrected chi connectivity index (χ3v) is 9.78. The van der Waals surface area contributed by atoms with Crippen molar-refractivity contribution in [2.75, 3.05) is 12.8 Å². The number of nitrogens with one attached hydrogen (secondary N) is 1. The summed E-state index contributed by atoms with van der Waals surface area (Å²) in [4.78, 5) is 13.1. The maximum atomic E-state index is 13.3. The Morgan fingerprint density at radius 3 is 2.36 bits per heavy atom. The highest BCUT2D eigenvalue weighted by atomic mass is 35.5. The lowest BCUT2D eigenvalue weighted by molar-refractivity contribution is -0.211. The zero-order chi connectivity index (χ0) is 29.4. The van der Waals surface area contributed by atoms with Gasteiger partial charge in [0, 0.05) is 24.9 Å². The Labute approximate surface area is 236 Å². The number of halogens is 5. The maximum Gasteiger partial charge on any atom is 0.394 e. The van der Waals surface area contributed by atoms with Gasteiger partial charge >= 0.3 is 6.18 Å². The Hall–Kier alpha value is -2.29. The first-order valence-corrected chi connectivity index (χ1v) is 15.2. The number of aromatic nitrogens is 2. The number of nitrogens with zero attached hydrogens (tertiary/aromatic N) is 3. The second kappa shape index (κ2) is 11.3. The summed E-state index contributed by atoms with van der Waals surface area (Å²) in [7, 11) is -3.21. The van der Waals surface area contributed by atoms with E-state index < -0.39 is 38.0 Å². The van der Waals surface area contributed by atoms with Crippen LogP contribution in [0.25, 0.3) is 11.3 Å². The van der Waals surface area contributed by atoms with Crippen LogP contribution in [0.4, 0.5) is 13.2 Å². The molecule has 39 heavy (non-hydrogen) atoms. The number of carbonyl (C=O) groups is 1. The van der Waals surface area contributed by atoms with Crippen molar-refractivity contribution in [1.82, 2.24) is 15.1 Å². The van der Waals surface area contributed by atoms with Crippen LogP contribution >= 0.6 is 23.2 Å². The van der Waals surface area contributed by atoms with Crippen molar-refractivity contribution in [3.8, 4) is 17.3 Å². The molecule has 1 aromatic carbocycles.